The fraction of sp³-hybridized carbons (Fsp3) is 0.423. The first-order valence-electron chi connectivity index (χ1n) is 11.5. The molecular weight excluding hydrogens is 425 g/mol. The van der Waals surface area contributed by atoms with Gasteiger partial charge in [-0.15, -0.1) is 0 Å². The molecule has 3 aromatic rings. The van der Waals surface area contributed by atoms with Gasteiger partial charge in [0.2, 0.25) is 0 Å². The molecule has 1 aromatic heterocycles. The normalized spacial score (nSPS) is 19.5. The molecule has 1 atom stereocenters. The molecule has 0 amide bonds. The zero-order chi connectivity index (χ0) is 21.4. The van der Waals surface area contributed by atoms with E-state index in [4.69, 9.17) is 28.3 Å². The molecule has 5 rings (SSSR count). The molecular formula is C26H29Cl2N3. The standard InChI is InChI=1S/C26H29Cl2N3/c1-18(24-10-9-22(27)16-25(24)28)31-26-15-20(7-8-21(26)17-29-31)19-11-13-30(14-12-19)23-5-3-2-4-6-23/h7-11,15-18,23H,2-6,12-14H2,1H3/t18-/m1/s1. The summed E-state index contributed by atoms with van der Waals surface area (Å²) in [6, 6.07) is 13.2. The molecule has 0 saturated heterocycles. The fourth-order valence-corrected chi connectivity index (χ4v) is 5.81. The van der Waals surface area contributed by atoms with E-state index >= 15 is 0 Å². The molecule has 2 aromatic carbocycles. The summed E-state index contributed by atoms with van der Waals surface area (Å²) in [4.78, 5) is 2.69. The molecule has 0 N–H and O–H groups in total. The van der Waals surface area contributed by atoms with E-state index in [9.17, 15) is 0 Å². The highest BCUT2D eigenvalue weighted by molar-refractivity contribution is 6.35. The van der Waals surface area contributed by atoms with Crippen molar-refractivity contribution in [3.63, 3.8) is 0 Å². The van der Waals surface area contributed by atoms with Crippen LogP contribution in [0, 0.1) is 0 Å². The maximum atomic E-state index is 6.48. The molecule has 5 heteroatoms. The van der Waals surface area contributed by atoms with Gasteiger partial charge in [-0.2, -0.15) is 5.10 Å². The van der Waals surface area contributed by atoms with Gasteiger partial charge < -0.3 is 0 Å². The molecule has 2 heterocycles. The third-order valence-electron chi connectivity index (χ3n) is 7.08. The van der Waals surface area contributed by atoms with Gasteiger partial charge in [0.15, 0.2) is 0 Å². The number of nitrogens with zero attached hydrogens (tertiary/aromatic N) is 3. The Balaban J connectivity index is 1.41. The Morgan fingerprint density at radius 1 is 1.03 bits per heavy atom. The Morgan fingerprint density at radius 3 is 2.61 bits per heavy atom. The lowest BCUT2D eigenvalue weighted by Crippen LogP contribution is -2.39. The summed E-state index contributed by atoms with van der Waals surface area (Å²) in [5.74, 6) is 0. The van der Waals surface area contributed by atoms with Crippen molar-refractivity contribution in [1.29, 1.82) is 0 Å². The van der Waals surface area contributed by atoms with E-state index in [0.717, 1.165) is 35.5 Å². The van der Waals surface area contributed by atoms with Gasteiger partial charge >= 0.3 is 0 Å². The maximum absolute atomic E-state index is 6.48. The Hall–Kier alpha value is -1.81. The Morgan fingerprint density at radius 2 is 1.87 bits per heavy atom. The first kappa shape index (κ1) is 21.1. The molecule has 1 fully saturated rings. The summed E-state index contributed by atoms with van der Waals surface area (Å²) in [6.45, 7) is 4.38. The first-order chi connectivity index (χ1) is 15.1. The zero-order valence-electron chi connectivity index (χ0n) is 18.0. The highest BCUT2D eigenvalue weighted by Gasteiger charge is 2.23. The molecule has 0 radical (unpaired) electrons. The summed E-state index contributed by atoms with van der Waals surface area (Å²) in [6.07, 6.45) is 12.5. The number of benzene rings is 2. The van der Waals surface area contributed by atoms with Crippen molar-refractivity contribution in [2.24, 2.45) is 0 Å². The molecule has 1 aliphatic heterocycles. The lowest BCUT2D eigenvalue weighted by Gasteiger charge is -2.36. The minimum Gasteiger partial charge on any atom is -0.296 e. The van der Waals surface area contributed by atoms with Gasteiger partial charge in [0.1, 0.15) is 0 Å². The van der Waals surface area contributed by atoms with Gasteiger partial charge in [-0.25, -0.2) is 0 Å². The highest BCUT2D eigenvalue weighted by atomic mass is 35.5. The van der Waals surface area contributed by atoms with Gasteiger partial charge in [-0.1, -0.05) is 66.7 Å². The molecule has 0 bridgehead atoms. The van der Waals surface area contributed by atoms with Crippen LogP contribution in [-0.4, -0.2) is 33.8 Å². The van der Waals surface area contributed by atoms with Crippen molar-refractivity contribution in [2.45, 2.75) is 57.5 Å². The van der Waals surface area contributed by atoms with Crippen LogP contribution >= 0.6 is 23.2 Å². The minimum absolute atomic E-state index is 0.0274. The van der Waals surface area contributed by atoms with Crippen LogP contribution in [0.5, 0.6) is 0 Å². The van der Waals surface area contributed by atoms with E-state index in [1.807, 2.05) is 18.3 Å². The molecule has 31 heavy (non-hydrogen) atoms. The predicted molar refractivity (Wildman–Crippen MR) is 131 cm³/mol. The van der Waals surface area contributed by atoms with Gasteiger partial charge in [0.25, 0.3) is 0 Å². The average molecular weight is 454 g/mol. The van der Waals surface area contributed by atoms with E-state index < -0.39 is 0 Å². The van der Waals surface area contributed by atoms with E-state index in [0.29, 0.717) is 10.0 Å². The number of hydrogen-bond acceptors (Lipinski definition) is 2. The number of halogens is 2. The average Bonchev–Trinajstić information content (AvgIpc) is 3.23. The summed E-state index contributed by atoms with van der Waals surface area (Å²) >= 11 is 12.6. The second kappa shape index (κ2) is 8.97. The first-order valence-corrected chi connectivity index (χ1v) is 12.2. The second-order valence-corrected chi connectivity index (χ2v) is 9.81. The largest absolute Gasteiger partial charge is 0.296 e. The number of fused-ring (bicyclic) bond motifs is 1. The van der Waals surface area contributed by atoms with Crippen molar-refractivity contribution in [3.8, 4) is 0 Å². The number of rotatable bonds is 4. The van der Waals surface area contributed by atoms with Gasteiger partial charge in [-0.3, -0.25) is 9.58 Å². The van der Waals surface area contributed by atoms with Crippen LogP contribution in [0.25, 0.3) is 16.5 Å². The number of aromatic nitrogens is 2. The van der Waals surface area contributed by atoms with Gasteiger partial charge in [0, 0.05) is 34.6 Å². The van der Waals surface area contributed by atoms with Crippen LogP contribution in [0.2, 0.25) is 10.0 Å². The van der Waals surface area contributed by atoms with Crippen LogP contribution in [0.4, 0.5) is 0 Å². The fourth-order valence-electron chi connectivity index (χ4n) is 5.24. The van der Waals surface area contributed by atoms with Crippen molar-refractivity contribution >= 4 is 39.7 Å². The van der Waals surface area contributed by atoms with Crippen molar-refractivity contribution in [3.05, 3.63) is 69.8 Å². The summed E-state index contributed by atoms with van der Waals surface area (Å²) < 4.78 is 2.08. The van der Waals surface area contributed by atoms with Crippen LogP contribution in [-0.2, 0) is 0 Å². The molecule has 2 aliphatic rings. The van der Waals surface area contributed by atoms with Gasteiger partial charge in [-0.05, 0) is 61.1 Å². The van der Waals surface area contributed by atoms with Crippen LogP contribution in [0.3, 0.4) is 0 Å². The van der Waals surface area contributed by atoms with Crippen molar-refractivity contribution < 1.29 is 0 Å². The molecule has 162 valence electrons. The molecule has 3 nitrogen and oxygen atoms in total. The van der Waals surface area contributed by atoms with Crippen LogP contribution in [0.15, 0.2) is 48.7 Å². The summed E-state index contributed by atoms with van der Waals surface area (Å²) in [5.41, 5.74) is 4.94. The SMILES string of the molecule is C[C@H](c1ccc(Cl)cc1Cl)n1ncc2ccc(C3=CCN(C4CCCCC4)CC3)cc21. The Bertz CT molecular complexity index is 1110. The van der Waals surface area contributed by atoms with E-state index in [1.54, 1.807) is 6.07 Å². The minimum atomic E-state index is 0.0274. The lowest BCUT2D eigenvalue weighted by atomic mass is 9.91. The van der Waals surface area contributed by atoms with E-state index in [1.165, 1.54) is 49.8 Å². The van der Waals surface area contributed by atoms with Crippen LogP contribution < -0.4 is 0 Å². The third kappa shape index (κ3) is 4.28. The topological polar surface area (TPSA) is 21.1 Å². The molecule has 1 saturated carbocycles. The third-order valence-corrected chi connectivity index (χ3v) is 7.64. The van der Waals surface area contributed by atoms with Crippen LogP contribution in [0.1, 0.15) is 62.6 Å². The number of hydrogen-bond donors (Lipinski definition) is 0. The van der Waals surface area contributed by atoms with E-state index in [2.05, 4.69) is 40.8 Å². The smallest absolute Gasteiger partial charge is 0.0761 e. The van der Waals surface area contributed by atoms with Crippen molar-refractivity contribution in [1.82, 2.24) is 14.7 Å². The van der Waals surface area contributed by atoms with Crippen molar-refractivity contribution in [2.75, 3.05) is 13.1 Å². The molecule has 0 spiro atoms. The summed E-state index contributed by atoms with van der Waals surface area (Å²) in [5, 5.41) is 7.18. The second-order valence-electron chi connectivity index (χ2n) is 8.97. The maximum Gasteiger partial charge on any atom is 0.0761 e. The summed E-state index contributed by atoms with van der Waals surface area (Å²) in [7, 11) is 0. The quantitative estimate of drug-likeness (QED) is 0.410. The predicted octanol–water partition coefficient (Wildman–Crippen LogP) is 7.37. The molecule has 1 aliphatic carbocycles. The highest BCUT2D eigenvalue weighted by Crippen LogP contribution is 2.33. The molecule has 0 unspecified atom stereocenters. The van der Waals surface area contributed by atoms with E-state index in [-0.39, 0.29) is 6.04 Å². The monoisotopic (exact) mass is 453 g/mol. The zero-order valence-corrected chi connectivity index (χ0v) is 19.5. The van der Waals surface area contributed by atoms with Gasteiger partial charge in [0.05, 0.1) is 17.8 Å². The Labute approximate surface area is 194 Å². The Kier molecular flexibility index (Phi) is 6.10. The lowest BCUT2D eigenvalue weighted by molar-refractivity contribution is 0.171.